The second-order valence-electron chi connectivity index (χ2n) is 3.89. The van der Waals surface area contributed by atoms with E-state index >= 15 is 0 Å². The van der Waals surface area contributed by atoms with Crippen LogP contribution < -0.4 is 10.1 Å². The zero-order valence-electron chi connectivity index (χ0n) is 9.59. The first-order valence-corrected chi connectivity index (χ1v) is 6.20. The van der Waals surface area contributed by atoms with E-state index < -0.39 is 0 Å². The van der Waals surface area contributed by atoms with Crippen molar-refractivity contribution in [3.63, 3.8) is 0 Å². The summed E-state index contributed by atoms with van der Waals surface area (Å²) in [6, 6.07) is 5.28. The second kappa shape index (κ2) is 6.86. The average Bonchev–Trinajstić information content (AvgIpc) is 2.20. The van der Waals surface area contributed by atoms with Crippen LogP contribution in [0.3, 0.4) is 0 Å². The zero-order valence-corrected chi connectivity index (χ0v) is 11.2. The van der Waals surface area contributed by atoms with Crippen molar-refractivity contribution in [1.29, 1.82) is 0 Å². The van der Waals surface area contributed by atoms with Gasteiger partial charge in [-0.25, -0.2) is 4.39 Å². The van der Waals surface area contributed by atoms with Crippen LogP contribution in [0.1, 0.15) is 20.3 Å². The molecule has 1 N–H and O–H groups in total. The summed E-state index contributed by atoms with van der Waals surface area (Å²) in [4.78, 5) is 0. The van der Waals surface area contributed by atoms with Gasteiger partial charge in [-0.3, -0.25) is 0 Å². The highest BCUT2D eigenvalue weighted by molar-refractivity contribution is 9.10. The number of halogens is 2. The zero-order chi connectivity index (χ0) is 12.0. The first kappa shape index (κ1) is 13.5. The first-order valence-electron chi connectivity index (χ1n) is 5.41. The highest BCUT2D eigenvalue weighted by atomic mass is 79.9. The van der Waals surface area contributed by atoms with Crippen molar-refractivity contribution in [2.24, 2.45) is 0 Å². The molecule has 0 radical (unpaired) electrons. The van der Waals surface area contributed by atoms with Crippen LogP contribution in [0, 0.1) is 5.82 Å². The van der Waals surface area contributed by atoms with Gasteiger partial charge in [0.2, 0.25) is 0 Å². The third-order valence-electron chi connectivity index (χ3n) is 2.03. The van der Waals surface area contributed by atoms with Crippen molar-refractivity contribution in [1.82, 2.24) is 5.32 Å². The SMILES string of the molecule is CC(C)NCCCOc1ccc(Br)cc1F. The number of benzene rings is 1. The Balaban J connectivity index is 2.27. The maximum atomic E-state index is 13.3. The normalized spacial score (nSPS) is 10.8. The maximum Gasteiger partial charge on any atom is 0.166 e. The van der Waals surface area contributed by atoms with Gasteiger partial charge in [0.05, 0.1) is 6.61 Å². The molecule has 0 aliphatic heterocycles. The van der Waals surface area contributed by atoms with Crippen molar-refractivity contribution in [2.75, 3.05) is 13.2 Å². The predicted octanol–water partition coefficient (Wildman–Crippen LogP) is 3.36. The average molecular weight is 290 g/mol. The molecule has 0 aliphatic rings. The van der Waals surface area contributed by atoms with Gasteiger partial charge in [-0.1, -0.05) is 29.8 Å². The van der Waals surface area contributed by atoms with E-state index in [2.05, 4.69) is 35.1 Å². The number of hydrogen-bond acceptors (Lipinski definition) is 2. The molecule has 0 aliphatic carbocycles. The Kier molecular flexibility index (Phi) is 5.77. The van der Waals surface area contributed by atoms with Gasteiger partial charge in [-0.05, 0) is 31.2 Å². The Morgan fingerprint density at radius 3 is 2.81 bits per heavy atom. The molecule has 0 amide bonds. The van der Waals surface area contributed by atoms with Gasteiger partial charge in [-0.15, -0.1) is 0 Å². The van der Waals surface area contributed by atoms with Crippen LogP contribution in [0.2, 0.25) is 0 Å². The van der Waals surface area contributed by atoms with E-state index in [1.54, 1.807) is 12.1 Å². The molecule has 0 saturated heterocycles. The molecule has 1 aromatic carbocycles. The number of ether oxygens (including phenoxy) is 1. The molecule has 0 aromatic heterocycles. The highest BCUT2D eigenvalue weighted by Gasteiger charge is 2.03. The third-order valence-corrected chi connectivity index (χ3v) is 2.52. The molecule has 0 fully saturated rings. The molecule has 0 unspecified atom stereocenters. The lowest BCUT2D eigenvalue weighted by molar-refractivity contribution is 0.291. The van der Waals surface area contributed by atoms with Crippen molar-refractivity contribution in [2.45, 2.75) is 26.3 Å². The van der Waals surface area contributed by atoms with Crippen LogP contribution in [0.5, 0.6) is 5.75 Å². The summed E-state index contributed by atoms with van der Waals surface area (Å²) in [6.45, 7) is 5.60. The fourth-order valence-corrected chi connectivity index (χ4v) is 1.57. The lowest BCUT2D eigenvalue weighted by atomic mass is 10.3. The minimum absolute atomic E-state index is 0.313. The standard InChI is InChI=1S/C12H17BrFNO/c1-9(2)15-6-3-7-16-12-5-4-10(13)8-11(12)14/h4-5,8-9,15H,3,6-7H2,1-2H3. The molecule has 0 bridgehead atoms. The fraction of sp³-hybridized carbons (Fsp3) is 0.500. The van der Waals surface area contributed by atoms with Crippen LogP contribution >= 0.6 is 15.9 Å². The van der Waals surface area contributed by atoms with Crippen molar-refractivity contribution >= 4 is 15.9 Å². The minimum Gasteiger partial charge on any atom is -0.490 e. The van der Waals surface area contributed by atoms with E-state index in [0.717, 1.165) is 17.4 Å². The highest BCUT2D eigenvalue weighted by Crippen LogP contribution is 2.21. The molecule has 0 saturated carbocycles. The number of rotatable bonds is 6. The molecular formula is C12H17BrFNO. The van der Waals surface area contributed by atoms with Gasteiger partial charge in [0, 0.05) is 10.5 Å². The van der Waals surface area contributed by atoms with E-state index in [9.17, 15) is 4.39 Å². The molecular weight excluding hydrogens is 273 g/mol. The van der Waals surface area contributed by atoms with Crippen LogP contribution in [0.15, 0.2) is 22.7 Å². The van der Waals surface area contributed by atoms with Gasteiger partial charge < -0.3 is 10.1 Å². The molecule has 0 spiro atoms. The minimum atomic E-state index is -0.328. The summed E-state index contributed by atoms with van der Waals surface area (Å²) in [6.07, 6.45) is 0.869. The van der Waals surface area contributed by atoms with Crippen LogP contribution in [-0.2, 0) is 0 Å². The summed E-state index contributed by atoms with van der Waals surface area (Å²) in [7, 11) is 0. The van der Waals surface area contributed by atoms with Crippen molar-refractivity contribution < 1.29 is 9.13 Å². The van der Waals surface area contributed by atoms with Gasteiger partial charge >= 0.3 is 0 Å². The number of nitrogens with one attached hydrogen (secondary N) is 1. The Morgan fingerprint density at radius 2 is 2.19 bits per heavy atom. The third kappa shape index (κ3) is 4.94. The van der Waals surface area contributed by atoms with Crippen LogP contribution in [0.25, 0.3) is 0 Å². The molecule has 1 aromatic rings. The monoisotopic (exact) mass is 289 g/mol. The summed E-state index contributed by atoms with van der Waals surface area (Å²) in [5.41, 5.74) is 0. The topological polar surface area (TPSA) is 21.3 Å². The summed E-state index contributed by atoms with van der Waals surface area (Å²) >= 11 is 3.20. The smallest absolute Gasteiger partial charge is 0.166 e. The largest absolute Gasteiger partial charge is 0.490 e. The molecule has 0 atom stereocenters. The fourth-order valence-electron chi connectivity index (χ4n) is 1.24. The Labute approximate surface area is 104 Å². The molecule has 4 heteroatoms. The van der Waals surface area contributed by atoms with Crippen molar-refractivity contribution in [3.05, 3.63) is 28.5 Å². The molecule has 1 rings (SSSR count). The van der Waals surface area contributed by atoms with Gasteiger partial charge in [0.25, 0.3) is 0 Å². The summed E-state index contributed by atoms with van der Waals surface area (Å²) in [5.74, 6) is -0.0149. The molecule has 90 valence electrons. The molecule has 2 nitrogen and oxygen atoms in total. The van der Waals surface area contributed by atoms with E-state index in [0.29, 0.717) is 18.4 Å². The lowest BCUT2D eigenvalue weighted by Crippen LogP contribution is -2.24. The van der Waals surface area contributed by atoms with Gasteiger partial charge in [0.15, 0.2) is 11.6 Å². The predicted molar refractivity (Wildman–Crippen MR) is 67.4 cm³/mol. The molecule has 16 heavy (non-hydrogen) atoms. The molecule has 0 heterocycles. The van der Waals surface area contributed by atoms with Crippen LogP contribution in [0.4, 0.5) is 4.39 Å². The quantitative estimate of drug-likeness (QED) is 0.811. The Bertz CT molecular complexity index is 331. The van der Waals surface area contributed by atoms with Crippen molar-refractivity contribution in [3.8, 4) is 5.75 Å². The van der Waals surface area contributed by atoms with E-state index in [-0.39, 0.29) is 5.82 Å². The number of hydrogen-bond donors (Lipinski definition) is 1. The van der Waals surface area contributed by atoms with Gasteiger partial charge in [0.1, 0.15) is 0 Å². The summed E-state index contributed by atoms with van der Waals surface area (Å²) in [5, 5.41) is 3.27. The van der Waals surface area contributed by atoms with Gasteiger partial charge in [-0.2, -0.15) is 0 Å². The van der Waals surface area contributed by atoms with E-state index in [1.165, 1.54) is 6.07 Å². The first-order chi connectivity index (χ1) is 7.59. The van der Waals surface area contributed by atoms with E-state index in [4.69, 9.17) is 4.74 Å². The Morgan fingerprint density at radius 1 is 1.44 bits per heavy atom. The second-order valence-corrected chi connectivity index (χ2v) is 4.80. The van der Waals surface area contributed by atoms with E-state index in [1.807, 2.05) is 0 Å². The van der Waals surface area contributed by atoms with Crippen LogP contribution in [-0.4, -0.2) is 19.2 Å². The Hall–Kier alpha value is -0.610. The summed E-state index contributed by atoms with van der Waals surface area (Å²) < 4.78 is 19.4. The maximum absolute atomic E-state index is 13.3. The lowest BCUT2D eigenvalue weighted by Gasteiger charge is -2.09.